The smallest absolute Gasteiger partial charge is 0.258 e. The number of carbonyl (C=O) groups is 1. The molecule has 0 bridgehead atoms. The first-order chi connectivity index (χ1) is 12.2. The molecule has 2 heterocycles. The van der Waals surface area contributed by atoms with Crippen LogP contribution in [-0.4, -0.2) is 29.0 Å². The van der Waals surface area contributed by atoms with E-state index in [0.29, 0.717) is 23.9 Å². The van der Waals surface area contributed by atoms with E-state index in [1.54, 1.807) is 35.7 Å². The number of aromatic nitrogens is 2. The van der Waals surface area contributed by atoms with E-state index in [1.807, 2.05) is 29.6 Å². The summed E-state index contributed by atoms with van der Waals surface area (Å²) in [6, 6.07) is 12.9. The molecule has 0 saturated carbocycles. The van der Waals surface area contributed by atoms with E-state index in [4.69, 9.17) is 16.3 Å². The molecule has 0 spiro atoms. The summed E-state index contributed by atoms with van der Waals surface area (Å²) in [6.45, 7) is 0.461. The fraction of sp³-hybridized carbons (Fsp3) is 0.167. The lowest BCUT2D eigenvalue weighted by Crippen LogP contribution is -2.30. The van der Waals surface area contributed by atoms with Crippen molar-refractivity contribution in [2.24, 2.45) is 0 Å². The molecule has 0 aliphatic rings. The zero-order valence-electron chi connectivity index (χ0n) is 13.3. The maximum absolute atomic E-state index is 11.8. The van der Waals surface area contributed by atoms with Crippen molar-refractivity contribution in [2.75, 3.05) is 13.2 Å². The van der Waals surface area contributed by atoms with Gasteiger partial charge in [-0.2, -0.15) is 0 Å². The molecular weight excluding hydrogens is 358 g/mol. The lowest BCUT2D eigenvalue weighted by molar-refractivity contribution is -0.123. The fourth-order valence-corrected chi connectivity index (χ4v) is 3.04. The summed E-state index contributed by atoms with van der Waals surface area (Å²) in [5.74, 6) is 0.255. The van der Waals surface area contributed by atoms with Gasteiger partial charge in [0.2, 0.25) is 5.88 Å². The molecule has 3 aromatic rings. The third kappa shape index (κ3) is 5.27. The Morgan fingerprint density at radius 1 is 1.20 bits per heavy atom. The topological polar surface area (TPSA) is 64.1 Å². The molecule has 0 radical (unpaired) electrons. The summed E-state index contributed by atoms with van der Waals surface area (Å²) in [6.07, 6.45) is 2.29. The monoisotopic (exact) mass is 373 g/mol. The highest BCUT2D eigenvalue weighted by Crippen LogP contribution is 2.23. The van der Waals surface area contributed by atoms with Crippen LogP contribution in [0.15, 0.2) is 54.0 Å². The first-order valence-corrected chi connectivity index (χ1v) is 8.97. The minimum atomic E-state index is -0.180. The van der Waals surface area contributed by atoms with E-state index in [1.165, 1.54) is 0 Å². The average molecular weight is 374 g/mol. The molecule has 0 aliphatic heterocycles. The molecule has 1 N–H and O–H groups in total. The molecular formula is C18H16ClN3O2S. The van der Waals surface area contributed by atoms with E-state index < -0.39 is 0 Å². The largest absolute Gasteiger partial charge is 0.468 e. The van der Waals surface area contributed by atoms with Gasteiger partial charge >= 0.3 is 0 Å². The Bertz CT molecular complexity index is 822. The van der Waals surface area contributed by atoms with Gasteiger partial charge in [0.1, 0.15) is 0 Å². The van der Waals surface area contributed by atoms with Gasteiger partial charge in [0.25, 0.3) is 5.91 Å². The van der Waals surface area contributed by atoms with Crippen LogP contribution < -0.4 is 10.1 Å². The Kier molecular flexibility index (Phi) is 5.98. The quantitative estimate of drug-likeness (QED) is 0.687. The second-order valence-corrected chi connectivity index (χ2v) is 6.57. The fourth-order valence-electron chi connectivity index (χ4n) is 2.11. The number of pyridine rings is 1. The molecule has 7 heteroatoms. The minimum absolute atomic E-state index is 0.0507. The molecule has 128 valence electrons. The van der Waals surface area contributed by atoms with Crippen LogP contribution >= 0.6 is 22.9 Å². The Hall–Kier alpha value is -2.44. The number of hydrogen-bond donors (Lipinski definition) is 1. The van der Waals surface area contributed by atoms with Crippen LogP contribution in [0, 0.1) is 0 Å². The number of carbonyl (C=O) groups excluding carboxylic acids is 1. The maximum atomic E-state index is 11.8. The molecule has 25 heavy (non-hydrogen) atoms. The van der Waals surface area contributed by atoms with Crippen molar-refractivity contribution < 1.29 is 9.53 Å². The van der Waals surface area contributed by atoms with Crippen LogP contribution in [0.2, 0.25) is 5.02 Å². The van der Waals surface area contributed by atoms with Crippen LogP contribution in [-0.2, 0) is 11.2 Å². The lowest BCUT2D eigenvalue weighted by atomic mass is 10.2. The first kappa shape index (κ1) is 17.4. The van der Waals surface area contributed by atoms with Crippen molar-refractivity contribution in [1.29, 1.82) is 0 Å². The Morgan fingerprint density at radius 2 is 2.04 bits per heavy atom. The van der Waals surface area contributed by atoms with E-state index in [-0.39, 0.29) is 12.5 Å². The average Bonchev–Trinajstić information content (AvgIpc) is 3.10. The molecule has 0 aliphatic carbocycles. The summed E-state index contributed by atoms with van der Waals surface area (Å²) in [4.78, 5) is 20.4. The molecule has 3 rings (SSSR count). The predicted octanol–water partition coefficient (Wildman–Crippen LogP) is 3.60. The second kappa shape index (κ2) is 8.60. The molecule has 5 nitrogen and oxygen atoms in total. The van der Waals surface area contributed by atoms with Crippen LogP contribution in [0.25, 0.3) is 11.3 Å². The number of rotatable bonds is 7. The van der Waals surface area contributed by atoms with Crippen molar-refractivity contribution in [1.82, 2.24) is 15.3 Å². The highest BCUT2D eigenvalue weighted by Gasteiger charge is 2.06. The number of ether oxygens (including phenoxy) is 1. The predicted molar refractivity (Wildman–Crippen MR) is 99.0 cm³/mol. The van der Waals surface area contributed by atoms with E-state index >= 15 is 0 Å². The number of halogens is 1. The minimum Gasteiger partial charge on any atom is -0.468 e. The number of hydrogen-bond acceptors (Lipinski definition) is 5. The van der Waals surface area contributed by atoms with Gasteiger partial charge in [0, 0.05) is 41.2 Å². The summed E-state index contributed by atoms with van der Waals surface area (Å²) in [5, 5.41) is 6.49. The molecule has 2 aromatic heterocycles. The summed E-state index contributed by atoms with van der Waals surface area (Å²) in [5.41, 5.74) is 1.95. The van der Waals surface area contributed by atoms with Gasteiger partial charge < -0.3 is 10.1 Å². The van der Waals surface area contributed by atoms with Gasteiger partial charge in [-0.1, -0.05) is 29.8 Å². The summed E-state index contributed by atoms with van der Waals surface area (Å²) < 4.78 is 5.30. The van der Waals surface area contributed by atoms with Gasteiger partial charge in [0.05, 0.1) is 10.7 Å². The number of thiazole rings is 1. The van der Waals surface area contributed by atoms with Crippen LogP contribution in [0.5, 0.6) is 5.88 Å². The van der Waals surface area contributed by atoms with Crippen molar-refractivity contribution in [3.05, 3.63) is 64.1 Å². The van der Waals surface area contributed by atoms with Gasteiger partial charge in [-0.3, -0.25) is 4.79 Å². The van der Waals surface area contributed by atoms with Crippen molar-refractivity contribution in [3.8, 4) is 17.1 Å². The molecule has 0 fully saturated rings. The highest BCUT2D eigenvalue weighted by molar-refractivity contribution is 7.09. The van der Waals surface area contributed by atoms with E-state index in [2.05, 4.69) is 15.3 Å². The molecule has 1 aromatic carbocycles. The van der Waals surface area contributed by atoms with Gasteiger partial charge in [-0.25, -0.2) is 9.97 Å². The maximum Gasteiger partial charge on any atom is 0.258 e. The van der Waals surface area contributed by atoms with Crippen molar-refractivity contribution in [3.63, 3.8) is 0 Å². The van der Waals surface area contributed by atoms with Crippen LogP contribution in [0.4, 0.5) is 0 Å². The third-order valence-electron chi connectivity index (χ3n) is 3.34. The third-order valence-corrected chi connectivity index (χ3v) is 4.50. The summed E-state index contributed by atoms with van der Waals surface area (Å²) >= 11 is 7.47. The zero-order chi connectivity index (χ0) is 17.5. The van der Waals surface area contributed by atoms with E-state index in [9.17, 15) is 4.79 Å². The van der Waals surface area contributed by atoms with Crippen molar-refractivity contribution >= 4 is 28.8 Å². The van der Waals surface area contributed by atoms with Crippen LogP contribution in [0.1, 0.15) is 5.01 Å². The van der Waals surface area contributed by atoms with Gasteiger partial charge in [0.15, 0.2) is 6.61 Å². The summed E-state index contributed by atoms with van der Waals surface area (Å²) in [7, 11) is 0. The Labute approximate surface area is 154 Å². The highest BCUT2D eigenvalue weighted by atomic mass is 35.5. The van der Waals surface area contributed by atoms with Gasteiger partial charge in [-0.05, 0) is 18.2 Å². The van der Waals surface area contributed by atoms with Crippen molar-refractivity contribution in [2.45, 2.75) is 6.42 Å². The lowest BCUT2D eigenvalue weighted by Gasteiger charge is -2.05. The number of nitrogens with zero attached hydrogens (tertiary/aromatic N) is 2. The van der Waals surface area contributed by atoms with E-state index in [0.717, 1.165) is 16.3 Å². The molecule has 0 unspecified atom stereocenters. The van der Waals surface area contributed by atoms with Crippen LogP contribution in [0.3, 0.4) is 0 Å². The number of amides is 1. The normalized spacial score (nSPS) is 10.4. The number of benzene rings is 1. The Balaban J connectivity index is 1.43. The first-order valence-electron chi connectivity index (χ1n) is 7.71. The second-order valence-electron chi connectivity index (χ2n) is 5.19. The van der Waals surface area contributed by atoms with Gasteiger partial charge in [-0.15, -0.1) is 11.3 Å². The molecule has 1 amide bonds. The zero-order valence-corrected chi connectivity index (χ0v) is 14.9. The Morgan fingerprint density at radius 3 is 2.80 bits per heavy atom. The number of nitrogens with one attached hydrogen (secondary N) is 1. The standard InChI is InChI=1S/C18H16ClN3O2S/c19-14-6-4-13(5-7-14)15-12-25-18(22-15)8-10-20-16(23)11-24-17-3-1-2-9-21-17/h1-7,9,12H,8,10-11H2,(H,20,23). The molecule has 0 saturated heterocycles. The molecule has 0 atom stereocenters. The SMILES string of the molecule is O=C(COc1ccccn1)NCCc1nc(-c2ccc(Cl)cc2)cs1.